The number of rotatable bonds is 5. The van der Waals surface area contributed by atoms with Gasteiger partial charge in [-0.25, -0.2) is 0 Å². The normalized spacial score (nSPS) is 10.0. The van der Waals surface area contributed by atoms with Crippen molar-refractivity contribution in [2.75, 3.05) is 19.5 Å². The van der Waals surface area contributed by atoms with E-state index in [1.807, 2.05) is 29.9 Å². The lowest BCUT2D eigenvalue weighted by Gasteiger charge is -2.11. The fraction of sp³-hybridized carbons (Fsp3) is 0.250. The van der Waals surface area contributed by atoms with Gasteiger partial charge < -0.3 is 14.8 Å². The number of nitrogens with one attached hydrogen (secondary N) is 1. The maximum Gasteiger partial charge on any atom is 0.145 e. The Labute approximate surface area is 104 Å². The van der Waals surface area contributed by atoms with Crippen LogP contribution in [0.25, 0.3) is 0 Å². The van der Waals surface area contributed by atoms with Gasteiger partial charge in [-0.3, -0.25) is 4.98 Å². The molecule has 5 heteroatoms. The summed E-state index contributed by atoms with van der Waals surface area (Å²) >= 11 is 1.62. The van der Waals surface area contributed by atoms with Crippen LogP contribution in [0.5, 0.6) is 11.5 Å². The molecule has 0 fully saturated rings. The highest BCUT2D eigenvalue weighted by atomic mass is 32.1. The molecule has 0 aliphatic heterocycles. The van der Waals surface area contributed by atoms with Crippen LogP contribution in [0.15, 0.2) is 29.9 Å². The van der Waals surface area contributed by atoms with Crippen LogP contribution in [-0.4, -0.2) is 19.2 Å². The molecule has 1 N–H and O–H groups in total. The summed E-state index contributed by atoms with van der Waals surface area (Å²) < 4.78 is 10.4. The summed E-state index contributed by atoms with van der Waals surface area (Å²) in [5.74, 6) is 1.55. The maximum absolute atomic E-state index is 5.30. The summed E-state index contributed by atoms with van der Waals surface area (Å²) in [6, 6.07) is 5.70. The molecule has 0 unspecified atom stereocenters. The minimum atomic E-state index is 0.743. The molecular weight excluding hydrogens is 236 g/mol. The van der Waals surface area contributed by atoms with Crippen LogP contribution in [-0.2, 0) is 6.54 Å². The monoisotopic (exact) mass is 250 g/mol. The van der Waals surface area contributed by atoms with Crippen molar-refractivity contribution >= 4 is 17.0 Å². The van der Waals surface area contributed by atoms with E-state index in [9.17, 15) is 0 Å². The standard InChI is InChI=1S/C12H14N2O2S/c1-15-9-3-4-11(12(5-9)16-2)14-7-10-6-13-8-17-10/h3-6,8,14H,7H2,1-2H3. The lowest BCUT2D eigenvalue weighted by Crippen LogP contribution is -2.00. The van der Waals surface area contributed by atoms with Crippen LogP contribution < -0.4 is 14.8 Å². The highest BCUT2D eigenvalue weighted by Gasteiger charge is 2.04. The fourth-order valence-electron chi connectivity index (χ4n) is 1.46. The summed E-state index contributed by atoms with van der Waals surface area (Å²) in [6.45, 7) is 0.743. The zero-order valence-electron chi connectivity index (χ0n) is 9.77. The van der Waals surface area contributed by atoms with E-state index in [2.05, 4.69) is 10.3 Å². The SMILES string of the molecule is COc1ccc(NCc2cncs2)c(OC)c1. The molecule has 1 heterocycles. The first-order chi connectivity index (χ1) is 8.33. The second kappa shape index (κ2) is 5.54. The van der Waals surface area contributed by atoms with Gasteiger partial charge in [-0.2, -0.15) is 0 Å². The third-order valence-corrected chi connectivity index (χ3v) is 3.12. The summed E-state index contributed by atoms with van der Waals surface area (Å²) in [7, 11) is 3.28. The van der Waals surface area contributed by atoms with Crippen molar-refractivity contribution < 1.29 is 9.47 Å². The van der Waals surface area contributed by atoms with E-state index in [4.69, 9.17) is 9.47 Å². The molecule has 4 nitrogen and oxygen atoms in total. The minimum absolute atomic E-state index is 0.743. The molecule has 0 amide bonds. The Bertz CT molecular complexity index is 471. The Kier molecular flexibility index (Phi) is 3.82. The number of methoxy groups -OCH3 is 2. The fourth-order valence-corrected chi connectivity index (χ4v) is 1.99. The zero-order valence-corrected chi connectivity index (χ0v) is 10.6. The second-order valence-electron chi connectivity index (χ2n) is 3.39. The van der Waals surface area contributed by atoms with Gasteiger partial charge in [0.1, 0.15) is 11.5 Å². The van der Waals surface area contributed by atoms with Gasteiger partial charge >= 0.3 is 0 Å². The predicted octanol–water partition coefficient (Wildman–Crippen LogP) is 2.77. The third-order valence-electron chi connectivity index (χ3n) is 2.35. The molecule has 0 spiro atoms. The number of anilines is 1. The molecule has 0 radical (unpaired) electrons. The third kappa shape index (κ3) is 2.88. The van der Waals surface area contributed by atoms with Gasteiger partial charge in [0.15, 0.2) is 0 Å². The molecular formula is C12H14N2O2S. The molecule has 0 atom stereocenters. The molecule has 0 aliphatic rings. The molecule has 90 valence electrons. The molecule has 2 aromatic rings. The van der Waals surface area contributed by atoms with E-state index < -0.39 is 0 Å². The Morgan fingerprint density at radius 2 is 2.18 bits per heavy atom. The van der Waals surface area contributed by atoms with Gasteiger partial charge in [0.25, 0.3) is 0 Å². The Morgan fingerprint density at radius 1 is 1.29 bits per heavy atom. The van der Waals surface area contributed by atoms with Gasteiger partial charge in [-0.15, -0.1) is 11.3 Å². The number of ether oxygens (including phenoxy) is 2. The van der Waals surface area contributed by atoms with E-state index in [-0.39, 0.29) is 0 Å². The number of benzene rings is 1. The molecule has 0 bridgehead atoms. The van der Waals surface area contributed by atoms with Crippen LogP contribution in [0.4, 0.5) is 5.69 Å². The molecule has 0 saturated carbocycles. The summed E-state index contributed by atoms with van der Waals surface area (Å²) in [5.41, 5.74) is 2.77. The predicted molar refractivity (Wildman–Crippen MR) is 69.0 cm³/mol. The first-order valence-electron chi connectivity index (χ1n) is 5.16. The topological polar surface area (TPSA) is 43.4 Å². The molecule has 1 aromatic heterocycles. The molecule has 1 aromatic carbocycles. The van der Waals surface area contributed by atoms with Crippen molar-refractivity contribution in [2.24, 2.45) is 0 Å². The highest BCUT2D eigenvalue weighted by molar-refractivity contribution is 7.09. The Morgan fingerprint density at radius 3 is 2.82 bits per heavy atom. The van der Waals surface area contributed by atoms with Gasteiger partial charge in [0.2, 0.25) is 0 Å². The van der Waals surface area contributed by atoms with Crippen LogP contribution >= 0.6 is 11.3 Å². The smallest absolute Gasteiger partial charge is 0.145 e. The summed E-state index contributed by atoms with van der Waals surface area (Å²) in [5, 5.41) is 3.31. The van der Waals surface area contributed by atoms with Gasteiger partial charge in [-0.05, 0) is 12.1 Å². The Balaban J connectivity index is 2.09. The first-order valence-corrected chi connectivity index (χ1v) is 6.04. The number of hydrogen-bond donors (Lipinski definition) is 1. The summed E-state index contributed by atoms with van der Waals surface area (Å²) in [6.07, 6.45) is 1.85. The van der Waals surface area contributed by atoms with Crippen LogP contribution in [0.1, 0.15) is 4.88 Å². The second-order valence-corrected chi connectivity index (χ2v) is 4.36. The molecule has 17 heavy (non-hydrogen) atoms. The van der Waals surface area contributed by atoms with E-state index in [1.54, 1.807) is 25.6 Å². The Hall–Kier alpha value is -1.75. The van der Waals surface area contributed by atoms with Gasteiger partial charge in [0.05, 0.1) is 32.0 Å². The van der Waals surface area contributed by atoms with Crippen molar-refractivity contribution in [2.45, 2.75) is 6.54 Å². The number of thiazole rings is 1. The van der Waals surface area contributed by atoms with E-state index in [0.29, 0.717) is 0 Å². The average molecular weight is 250 g/mol. The first kappa shape index (κ1) is 11.7. The van der Waals surface area contributed by atoms with Crippen molar-refractivity contribution in [3.05, 3.63) is 34.8 Å². The van der Waals surface area contributed by atoms with Crippen molar-refractivity contribution in [3.63, 3.8) is 0 Å². The number of aromatic nitrogens is 1. The molecule has 0 saturated heterocycles. The lowest BCUT2D eigenvalue weighted by atomic mass is 10.2. The van der Waals surface area contributed by atoms with Gasteiger partial charge in [-0.1, -0.05) is 0 Å². The van der Waals surface area contributed by atoms with Gasteiger partial charge in [0, 0.05) is 17.1 Å². The molecule has 0 aliphatic carbocycles. The van der Waals surface area contributed by atoms with Crippen molar-refractivity contribution in [1.82, 2.24) is 4.98 Å². The largest absolute Gasteiger partial charge is 0.497 e. The van der Waals surface area contributed by atoms with E-state index >= 15 is 0 Å². The van der Waals surface area contributed by atoms with Crippen molar-refractivity contribution in [1.29, 1.82) is 0 Å². The highest BCUT2D eigenvalue weighted by Crippen LogP contribution is 2.29. The van der Waals surface area contributed by atoms with Crippen LogP contribution in [0.2, 0.25) is 0 Å². The van der Waals surface area contributed by atoms with Crippen LogP contribution in [0, 0.1) is 0 Å². The molecule has 2 rings (SSSR count). The van der Waals surface area contributed by atoms with E-state index in [1.165, 1.54) is 4.88 Å². The lowest BCUT2D eigenvalue weighted by molar-refractivity contribution is 0.395. The quantitative estimate of drug-likeness (QED) is 0.886. The summed E-state index contributed by atoms with van der Waals surface area (Å²) in [4.78, 5) is 5.21. The van der Waals surface area contributed by atoms with E-state index in [0.717, 1.165) is 23.7 Å². The van der Waals surface area contributed by atoms with Crippen molar-refractivity contribution in [3.8, 4) is 11.5 Å². The average Bonchev–Trinajstić information content (AvgIpc) is 2.89. The maximum atomic E-state index is 5.30. The zero-order chi connectivity index (χ0) is 12.1. The minimum Gasteiger partial charge on any atom is -0.497 e. The number of nitrogens with zero attached hydrogens (tertiary/aromatic N) is 1. The van der Waals surface area contributed by atoms with Crippen LogP contribution in [0.3, 0.4) is 0 Å². The number of hydrogen-bond acceptors (Lipinski definition) is 5.